The third kappa shape index (κ3) is 3.67. The zero-order valence-electron chi connectivity index (χ0n) is 12.7. The van der Waals surface area contributed by atoms with Gasteiger partial charge >= 0.3 is 5.97 Å². The minimum Gasteiger partial charge on any atom is -0.478 e. The molecule has 0 fully saturated rings. The molecule has 1 heterocycles. The lowest BCUT2D eigenvalue weighted by atomic mass is 10.1. The molecular formula is C18H15N3O3. The Morgan fingerprint density at radius 3 is 2.62 bits per heavy atom. The van der Waals surface area contributed by atoms with Crippen LogP contribution >= 0.6 is 0 Å². The van der Waals surface area contributed by atoms with Gasteiger partial charge in [-0.3, -0.25) is 9.89 Å². The molecule has 2 aromatic carbocycles. The Morgan fingerprint density at radius 2 is 1.88 bits per heavy atom. The van der Waals surface area contributed by atoms with Gasteiger partial charge in [-0.2, -0.15) is 5.10 Å². The summed E-state index contributed by atoms with van der Waals surface area (Å²) in [6.07, 6.45) is 2.75. The van der Waals surface area contributed by atoms with Gasteiger partial charge in [0, 0.05) is 17.1 Å². The van der Waals surface area contributed by atoms with Crippen LogP contribution in [0.2, 0.25) is 0 Å². The number of nitrogens with zero attached hydrogens (tertiary/aromatic N) is 1. The van der Waals surface area contributed by atoms with Crippen molar-refractivity contribution in [2.45, 2.75) is 6.42 Å². The van der Waals surface area contributed by atoms with Gasteiger partial charge in [-0.05, 0) is 29.8 Å². The van der Waals surface area contributed by atoms with Gasteiger partial charge in [0.05, 0.1) is 17.6 Å². The van der Waals surface area contributed by atoms with Crippen molar-refractivity contribution in [2.75, 3.05) is 5.32 Å². The number of nitrogens with one attached hydrogen (secondary N) is 2. The topological polar surface area (TPSA) is 95.1 Å². The third-order valence-electron chi connectivity index (χ3n) is 3.49. The largest absolute Gasteiger partial charge is 0.478 e. The number of aliphatic carboxylic acids is 1. The molecular weight excluding hydrogens is 306 g/mol. The SMILES string of the molecule is O=C(O)/C=C/c1ccc(NC(=O)Cc2[nH]nc3ccccc23)cc1. The monoisotopic (exact) mass is 321 g/mol. The highest BCUT2D eigenvalue weighted by atomic mass is 16.4. The Balaban J connectivity index is 1.65. The van der Waals surface area contributed by atoms with Crippen LogP contribution < -0.4 is 5.32 Å². The molecule has 120 valence electrons. The molecule has 0 aliphatic rings. The average molecular weight is 321 g/mol. The van der Waals surface area contributed by atoms with E-state index in [0.29, 0.717) is 5.69 Å². The first-order valence-corrected chi connectivity index (χ1v) is 7.35. The van der Waals surface area contributed by atoms with Crippen LogP contribution in [0, 0.1) is 0 Å². The maximum absolute atomic E-state index is 12.2. The maximum Gasteiger partial charge on any atom is 0.328 e. The number of carboxylic acid groups (broad SMARTS) is 1. The number of carbonyl (C=O) groups excluding carboxylic acids is 1. The average Bonchev–Trinajstić information content (AvgIpc) is 2.97. The molecule has 0 bridgehead atoms. The summed E-state index contributed by atoms with van der Waals surface area (Å²) in [5, 5.41) is 19.4. The predicted octanol–water partition coefficient (Wildman–Crippen LogP) is 2.84. The normalized spacial score (nSPS) is 11.0. The molecule has 1 aromatic heterocycles. The molecule has 0 saturated carbocycles. The highest BCUT2D eigenvalue weighted by Crippen LogP contribution is 2.16. The summed E-state index contributed by atoms with van der Waals surface area (Å²) in [5.41, 5.74) is 2.99. The fraction of sp³-hybridized carbons (Fsp3) is 0.0556. The fourth-order valence-corrected chi connectivity index (χ4v) is 2.36. The van der Waals surface area contributed by atoms with E-state index in [-0.39, 0.29) is 12.3 Å². The Hall–Kier alpha value is -3.41. The van der Waals surface area contributed by atoms with Gasteiger partial charge in [0.2, 0.25) is 5.91 Å². The van der Waals surface area contributed by atoms with Crippen molar-refractivity contribution in [1.82, 2.24) is 10.2 Å². The van der Waals surface area contributed by atoms with Gasteiger partial charge in [-0.25, -0.2) is 4.79 Å². The summed E-state index contributed by atoms with van der Waals surface area (Å²) in [4.78, 5) is 22.7. The van der Waals surface area contributed by atoms with E-state index >= 15 is 0 Å². The van der Waals surface area contributed by atoms with Crippen molar-refractivity contribution < 1.29 is 14.7 Å². The van der Waals surface area contributed by atoms with E-state index in [4.69, 9.17) is 5.11 Å². The lowest BCUT2D eigenvalue weighted by Gasteiger charge is -2.05. The van der Waals surface area contributed by atoms with E-state index in [1.807, 2.05) is 24.3 Å². The van der Waals surface area contributed by atoms with Crippen LogP contribution in [0.25, 0.3) is 17.0 Å². The second kappa shape index (κ2) is 6.78. The molecule has 0 saturated heterocycles. The van der Waals surface area contributed by atoms with Crippen molar-refractivity contribution in [3.63, 3.8) is 0 Å². The first-order valence-electron chi connectivity index (χ1n) is 7.35. The van der Waals surface area contributed by atoms with Crippen molar-refractivity contribution in [1.29, 1.82) is 0 Å². The van der Waals surface area contributed by atoms with E-state index in [9.17, 15) is 9.59 Å². The Bertz CT molecular complexity index is 911. The van der Waals surface area contributed by atoms with Crippen molar-refractivity contribution in [3.05, 3.63) is 65.9 Å². The van der Waals surface area contributed by atoms with Crippen LogP contribution in [0.5, 0.6) is 0 Å². The number of carboxylic acids is 1. The second-order valence-electron chi connectivity index (χ2n) is 5.24. The number of H-pyrrole nitrogens is 1. The smallest absolute Gasteiger partial charge is 0.328 e. The van der Waals surface area contributed by atoms with Crippen LogP contribution in [0.15, 0.2) is 54.6 Å². The Labute approximate surface area is 137 Å². The minimum atomic E-state index is -1.00. The number of hydrogen-bond acceptors (Lipinski definition) is 3. The van der Waals surface area contributed by atoms with Gasteiger partial charge in [0.1, 0.15) is 0 Å². The van der Waals surface area contributed by atoms with Crippen LogP contribution in [0.4, 0.5) is 5.69 Å². The van der Waals surface area contributed by atoms with Crippen LogP contribution in [0.1, 0.15) is 11.3 Å². The van der Waals surface area contributed by atoms with Crippen LogP contribution in [-0.4, -0.2) is 27.2 Å². The summed E-state index contributed by atoms with van der Waals surface area (Å²) in [5.74, 6) is -1.16. The molecule has 1 amide bonds. The number of fused-ring (bicyclic) bond motifs is 1. The number of hydrogen-bond donors (Lipinski definition) is 3. The molecule has 0 unspecified atom stereocenters. The molecule has 6 heteroatoms. The molecule has 0 aliphatic heterocycles. The zero-order valence-corrected chi connectivity index (χ0v) is 12.7. The number of aromatic nitrogens is 2. The van der Waals surface area contributed by atoms with E-state index in [0.717, 1.165) is 28.2 Å². The number of para-hydroxylation sites is 1. The second-order valence-corrected chi connectivity index (χ2v) is 5.24. The van der Waals surface area contributed by atoms with Gasteiger partial charge in [-0.15, -0.1) is 0 Å². The lowest BCUT2D eigenvalue weighted by Crippen LogP contribution is -2.14. The number of carbonyl (C=O) groups is 2. The fourth-order valence-electron chi connectivity index (χ4n) is 2.36. The van der Waals surface area contributed by atoms with Crippen molar-refractivity contribution in [2.24, 2.45) is 0 Å². The number of rotatable bonds is 5. The van der Waals surface area contributed by atoms with E-state index < -0.39 is 5.97 Å². The number of anilines is 1. The Kier molecular flexibility index (Phi) is 4.38. The van der Waals surface area contributed by atoms with Gasteiger partial charge in [0.25, 0.3) is 0 Å². The van der Waals surface area contributed by atoms with Crippen molar-refractivity contribution in [3.8, 4) is 0 Å². The number of benzene rings is 2. The summed E-state index contributed by atoms with van der Waals surface area (Å²) < 4.78 is 0. The van der Waals surface area contributed by atoms with E-state index in [1.54, 1.807) is 24.3 Å². The molecule has 3 rings (SSSR count). The first kappa shape index (κ1) is 15.5. The predicted molar refractivity (Wildman–Crippen MR) is 91.5 cm³/mol. The molecule has 3 N–H and O–H groups in total. The zero-order chi connectivity index (χ0) is 16.9. The molecule has 3 aromatic rings. The van der Waals surface area contributed by atoms with Crippen LogP contribution in [-0.2, 0) is 16.0 Å². The highest BCUT2D eigenvalue weighted by Gasteiger charge is 2.09. The van der Waals surface area contributed by atoms with Gasteiger partial charge in [0.15, 0.2) is 0 Å². The molecule has 0 atom stereocenters. The molecule has 0 aliphatic carbocycles. The van der Waals surface area contributed by atoms with E-state index in [2.05, 4.69) is 15.5 Å². The summed E-state index contributed by atoms with van der Waals surface area (Å²) in [6, 6.07) is 14.5. The number of amides is 1. The maximum atomic E-state index is 12.2. The van der Waals surface area contributed by atoms with Crippen LogP contribution in [0.3, 0.4) is 0 Å². The quantitative estimate of drug-likeness (QED) is 0.630. The lowest BCUT2D eigenvalue weighted by molar-refractivity contribution is -0.131. The molecule has 6 nitrogen and oxygen atoms in total. The summed E-state index contributed by atoms with van der Waals surface area (Å²) in [7, 11) is 0. The van der Waals surface area contributed by atoms with Gasteiger partial charge < -0.3 is 10.4 Å². The molecule has 0 spiro atoms. The standard InChI is InChI=1S/C18H15N3O3/c22-17(11-16-14-3-1-2-4-15(14)20-21-16)19-13-8-5-12(6-9-13)7-10-18(23)24/h1-10H,11H2,(H,19,22)(H,20,21)(H,23,24)/b10-7+. The summed E-state index contributed by atoms with van der Waals surface area (Å²) >= 11 is 0. The molecule has 24 heavy (non-hydrogen) atoms. The highest BCUT2D eigenvalue weighted by molar-refractivity contribution is 5.95. The molecule has 0 radical (unpaired) electrons. The summed E-state index contributed by atoms with van der Waals surface area (Å²) in [6.45, 7) is 0. The minimum absolute atomic E-state index is 0.154. The number of aromatic amines is 1. The first-order chi connectivity index (χ1) is 11.6. The van der Waals surface area contributed by atoms with Crippen molar-refractivity contribution >= 4 is 34.5 Å². The van der Waals surface area contributed by atoms with E-state index in [1.165, 1.54) is 6.08 Å². The Morgan fingerprint density at radius 1 is 1.12 bits per heavy atom. The van der Waals surface area contributed by atoms with Gasteiger partial charge in [-0.1, -0.05) is 30.3 Å². The third-order valence-corrected chi connectivity index (χ3v) is 3.49.